The smallest absolute Gasteiger partial charge is 0.247 e. The number of amides is 1. The Morgan fingerprint density at radius 2 is 1.87 bits per heavy atom. The minimum Gasteiger partial charge on any atom is -0.309 e. The van der Waals surface area contributed by atoms with Crippen molar-refractivity contribution in [2.75, 3.05) is 5.32 Å². The fourth-order valence-electron chi connectivity index (χ4n) is 3.56. The first-order valence-electron chi connectivity index (χ1n) is 9.63. The molecule has 152 valence electrons. The van der Waals surface area contributed by atoms with Crippen LogP contribution in [0.5, 0.6) is 0 Å². The van der Waals surface area contributed by atoms with Crippen LogP contribution in [0, 0.1) is 20.8 Å². The molecule has 0 bridgehead atoms. The Balaban J connectivity index is 1.48. The van der Waals surface area contributed by atoms with Gasteiger partial charge < -0.3 is 5.32 Å². The first-order valence-corrected chi connectivity index (χ1v) is 9.63. The number of hydrogen-bond acceptors (Lipinski definition) is 5. The first kappa shape index (κ1) is 19.5. The Hall–Kier alpha value is -3.81. The van der Waals surface area contributed by atoms with Crippen molar-refractivity contribution >= 4 is 11.7 Å². The average molecular weight is 401 g/mol. The van der Waals surface area contributed by atoms with Crippen LogP contribution in [0.2, 0.25) is 0 Å². The van der Waals surface area contributed by atoms with Crippen molar-refractivity contribution in [3.63, 3.8) is 0 Å². The fraction of sp³-hybridized carbons (Fsp3) is 0.227. The zero-order valence-corrected chi connectivity index (χ0v) is 17.4. The van der Waals surface area contributed by atoms with Crippen molar-refractivity contribution in [2.45, 2.75) is 27.3 Å². The first-order chi connectivity index (χ1) is 14.4. The molecule has 0 aliphatic rings. The van der Waals surface area contributed by atoms with Gasteiger partial charge in [0.1, 0.15) is 12.4 Å². The zero-order chi connectivity index (χ0) is 21.3. The SMILES string of the molecule is Cc1cc(-c2c(C)nn(CC(=O)Nc3ccc(-c4ccnn4C)cn3)c2C)ccn1. The van der Waals surface area contributed by atoms with Gasteiger partial charge in [-0.15, -0.1) is 0 Å². The van der Waals surface area contributed by atoms with E-state index in [4.69, 9.17) is 0 Å². The lowest BCUT2D eigenvalue weighted by molar-refractivity contribution is -0.117. The van der Waals surface area contributed by atoms with Crippen LogP contribution in [0.3, 0.4) is 0 Å². The van der Waals surface area contributed by atoms with Gasteiger partial charge >= 0.3 is 0 Å². The van der Waals surface area contributed by atoms with Gasteiger partial charge in [0.2, 0.25) is 5.91 Å². The number of aryl methyl sites for hydroxylation is 3. The molecule has 0 aliphatic heterocycles. The summed E-state index contributed by atoms with van der Waals surface area (Å²) >= 11 is 0. The molecule has 1 amide bonds. The quantitative estimate of drug-likeness (QED) is 0.554. The molecule has 0 unspecified atom stereocenters. The van der Waals surface area contributed by atoms with Crippen molar-refractivity contribution in [1.29, 1.82) is 0 Å². The Morgan fingerprint density at radius 1 is 1.03 bits per heavy atom. The number of nitrogens with zero attached hydrogens (tertiary/aromatic N) is 6. The van der Waals surface area contributed by atoms with E-state index in [9.17, 15) is 4.79 Å². The maximum Gasteiger partial charge on any atom is 0.247 e. The molecule has 0 saturated heterocycles. The zero-order valence-electron chi connectivity index (χ0n) is 17.4. The number of rotatable bonds is 5. The molecule has 1 N–H and O–H groups in total. The largest absolute Gasteiger partial charge is 0.309 e. The van der Waals surface area contributed by atoms with Crippen molar-refractivity contribution in [3.8, 4) is 22.4 Å². The number of aromatic nitrogens is 6. The third kappa shape index (κ3) is 3.84. The molecule has 0 fully saturated rings. The molecule has 4 aromatic heterocycles. The van der Waals surface area contributed by atoms with Crippen LogP contribution in [-0.4, -0.2) is 35.4 Å². The van der Waals surface area contributed by atoms with Crippen molar-refractivity contribution in [3.05, 3.63) is 66.0 Å². The maximum atomic E-state index is 12.6. The van der Waals surface area contributed by atoms with Gasteiger partial charge in [0.05, 0.1) is 11.4 Å². The number of anilines is 1. The molecule has 4 rings (SSSR count). The summed E-state index contributed by atoms with van der Waals surface area (Å²) in [5.41, 5.74) is 6.74. The van der Waals surface area contributed by atoms with Gasteiger partial charge in [-0.25, -0.2) is 4.98 Å². The molecule has 0 spiro atoms. The van der Waals surface area contributed by atoms with E-state index in [0.29, 0.717) is 5.82 Å². The number of carbonyl (C=O) groups excluding carboxylic acids is 1. The third-order valence-electron chi connectivity index (χ3n) is 5.01. The molecule has 0 atom stereocenters. The van der Waals surface area contributed by atoms with E-state index in [1.54, 1.807) is 34.0 Å². The molecule has 4 aromatic rings. The number of hydrogen-bond donors (Lipinski definition) is 1. The predicted molar refractivity (Wildman–Crippen MR) is 115 cm³/mol. The van der Waals surface area contributed by atoms with E-state index in [2.05, 4.69) is 25.5 Å². The third-order valence-corrected chi connectivity index (χ3v) is 5.01. The second-order valence-corrected chi connectivity index (χ2v) is 7.21. The topological polar surface area (TPSA) is 90.5 Å². The number of carbonyl (C=O) groups is 1. The molecule has 0 radical (unpaired) electrons. The Morgan fingerprint density at radius 3 is 2.53 bits per heavy atom. The standard InChI is InChI=1S/C22H23N7O/c1-14-11-17(7-9-23-14)22-15(2)27-29(16(22)3)13-21(30)26-20-6-5-18(12-24-20)19-8-10-25-28(19)4/h5-12H,13H2,1-4H3,(H,24,26,30). The van der Waals surface area contributed by atoms with Crippen molar-refractivity contribution < 1.29 is 4.79 Å². The highest BCUT2D eigenvalue weighted by atomic mass is 16.2. The van der Waals surface area contributed by atoms with E-state index >= 15 is 0 Å². The van der Waals surface area contributed by atoms with E-state index in [1.807, 2.05) is 52.1 Å². The lowest BCUT2D eigenvalue weighted by Gasteiger charge is -2.08. The molecule has 8 heteroatoms. The van der Waals surface area contributed by atoms with Crippen LogP contribution >= 0.6 is 0 Å². The van der Waals surface area contributed by atoms with Crippen molar-refractivity contribution in [1.82, 2.24) is 29.5 Å². The molecular formula is C22H23N7O. The van der Waals surface area contributed by atoms with E-state index in [0.717, 1.165) is 39.5 Å². The summed E-state index contributed by atoms with van der Waals surface area (Å²) in [6.07, 6.45) is 5.25. The summed E-state index contributed by atoms with van der Waals surface area (Å²) in [6, 6.07) is 9.59. The second kappa shape index (κ2) is 7.90. The lowest BCUT2D eigenvalue weighted by atomic mass is 10.0. The average Bonchev–Trinajstić information content (AvgIpc) is 3.25. The highest BCUT2D eigenvalue weighted by Gasteiger charge is 2.16. The summed E-state index contributed by atoms with van der Waals surface area (Å²) in [5.74, 6) is 0.316. The van der Waals surface area contributed by atoms with Crippen LogP contribution in [0.4, 0.5) is 5.82 Å². The Labute approximate surface area is 174 Å². The van der Waals surface area contributed by atoms with Gasteiger partial charge in [0.25, 0.3) is 0 Å². The maximum absolute atomic E-state index is 12.6. The summed E-state index contributed by atoms with van der Waals surface area (Å²) in [6.45, 7) is 5.99. The van der Waals surface area contributed by atoms with Crippen LogP contribution in [-0.2, 0) is 18.4 Å². The summed E-state index contributed by atoms with van der Waals surface area (Å²) in [7, 11) is 1.88. The van der Waals surface area contributed by atoms with Gasteiger partial charge in [-0.3, -0.25) is 19.1 Å². The normalized spacial score (nSPS) is 10.9. The lowest BCUT2D eigenvalue weighted by Crippen LogP contribution is -2.20. The van der Waals surface area contributed by atoms with Crippen molar-refractivity contribution in [2.24, 2.45) is 7.05 Å². The fourth-order valence-corrected chi connectivity index (χ4v) is 3.56. The highest BCUT2D eigenvalue weighted by molar-refractivity contribution is 5.89. The number of pyridine rings is 2. The summed E-state index contributed by atoms with van der Waals surface area (Å²) in [4.78, 5) is 21.2. The van der Waals surface area contributed by atoms with Gasteiger partial charge in [-0.1, -0.05) is 0 Å². The predicted octanol–water partition coefficient (Wildman–Crippen LogP) is 3.30. The van der Waals surface area contributed by atoms with Gasteiger partial charge in [0.15, 0.2) is 0 Å². The molecule has 8 nitrogen and oxygen atoms in total. The monoisotopic (exact) mass is 401 g/mol. The van der Waals surface area contributed by atoms with Gasteiger partial charge in [0, 0.05) is 48.2 Å². The van der Waals surface area contributed by atoms with Crippen LogP contribution < -0.4 is 5.32 Å². The molecule has 0 aliphatic carbocycles. The Bertz CT molecular complexity index is 1200. The molecule has 0 saturated carbocycles. The van der Waals surface area contributed by atoms with E-state index in [1.165, 1.54) is 0 Å². The van der Waals surface area contributed by atoms with E-state index < -0.39 is 0 Å². The minimum absolute atomic E-state index is 0.113. The Kier molecular flexibility index (Phi) is 5.14. The highest BCUT2D eigenvalue weighted by Crippen LogP contribution is 2.27. The van der Waals surface area contributed by atoms with Crippen LogP contribution in [0.1, 0.15) is 17.1 Å². The van der Waals surface area contributed by atoms with Crippen LogP contribution in [0.25, 0.3) is 22.4 Å². The number of nitrogens with one attached hydrogen (secondary N) is 1. The molecule has 4 heterocycles. The van der Waals surface area contributed by atoms with Crippen LogP contribution in [0.15, 0.2) is 48.9 Å². The molecule has 0 aromatic carbocycles. The second-order valence-electron chi connectivity index (χ2n) is 7.21. The molecular weight excluding hydrogens is 378 g/mol. The minimum atomic E-state index is -0.182. The van der Waals surface area contributed by atoms with E-state index in [-0.39, 0.29) is 12.5 Å². The van der Waals surface area contributed by atoms with Gasteiger partial charge in [-0.05, 0) is 56.7 Å². The molecule has 30 heavy (non-hydrogen) atoms. The summed E-state index contributed by atoms with van der Waals surface area (Å²) < 4.78 is 3.50. The summed E-state index contributed by atoms with van der Waals surface area (Å²) in [5, 5.41) is 11.6. The van der Waals surface area contributed by atoms with Gasteiger partial charge in [-0.2, -0.15) is 10.2 Å².